The predicted octanol–water partition coefficient (Wildman–Crippen LogP) is 2.05. The third kappa shape index (κ3) is 1.70. The molecule has 0 aliphatic rings. The molecule has 0 radical (unpaired) electrons. The second kappa shape index (κ2) is 3.73. The quantitative estimate of drug-likeness (QED) is 0.761. The van der Waals surface area contributed by atoms with Crippen LogP contribution in [-0.4, -0.2) is 22.5 Å². The molecule has 0 atom stereocenters. The third-order valence-electron chi connectivity index (χ3n) is 2.26. The summed E-state index contributed by atoms with van der Waals surface area (Å²) in [6.07, 6.45) is 3.54. The standard InChI is InChI=1S/C11H12N2O2/c1-3-15-11(14)9-4-8-7(2)5-12-10(8)6-13-9/h4-6,12H,3H2,1-2H3. The van der Waals surface area contributed by atoms with Crippen molar-refractivity contribution in [3.63, 3.8) is 0 Å². The molecule has 0 spiro atoms. The van der Waals surface area contributed by atoms with Gasteiger partial charge in [0.1, 0.15) is 5.69 Å². The first kappa shape index (κ1) is 9.71. The van der Waals surface area contributed by atoms with Gasteiger partial charge in [-0.05, 0) is 25.5 Å². The molecule has 2 aromatic heterocycles. The molecule has 78 valence electrons. The molecule has 4 nitrogen and oxygen atoms in total. The zero-order chi connectivity index (χ0) is 10.8. The molecule has 0 unspecified atom stereocenters. The molecule has 15 heavy (non-hydrogen) atoms. The predicted molar refractivity (Wildman–Crippen MR) is 56.8 cm³/mol. The fraction of sp³-hybridized carbons (Fsp3) is 0.273. The smallest absolute Gasteiger partial charge is 0.356 e. The Morgan fingerprint density at radius 1 is 1.60 bits per heavy atom. The number of hydrogen-bond acceptors (Lipinski definition) is 3. The van der Waals surface area contributed by atoms with Gasteiger partial charge in [0, 0.05) is 11.6 Å². The maximum Gasteiger partial charge on any atom is 0.356 e. The van der Waals surface area contributed by atoms with Crippen LogP contribution < -0.4 is 0 Å². The summed E-state index contributed by atoms with van der Waals surface area (Å²) >= 11 is 0. The van der Waals surface area contributed by atoms with E-state index in [9.17, 15) is 4.79 Å². The van der Waals surface area contributed by atoms with Gasteiger partial charge in [0.2, 0.25) is 0 Å². The number of aromatic nitrogens is 2. The highest BCUT2D eigenvalue weighted by Crippen LogP contribution is 2.17. The minimum absolute atomic E-state index is 0.354. The number of hydrogen-bond donors (Lipinski definition) is 1. The molecule has 2 rings (SSSR count). The summed E-state index contributed by atoms with van der Waals surface area (Å²) in [5, 5.41) is 1.01. The Kier molecular flexibility index (Phi) is 2.41. The zero-order valence-corrected chi connectivity index (χ0v) is 8.70. The van der Waals surface area contributed by atoms with Gasteiger partial charge < -0.3 is 9.72 Å². The lowest BCUT2D eigenvalue weighted by atomic mass is 10.2. The Morgan fingerprint density at radius 2 is 2.40 bits per heavy atom. The average molecular weight is 204 g/mol. The van der Waals surface area contributed by atoms with E-state index < -0.39 is 0 Å². The van der Waals surface area contributed by atoms with Gasteiger partial charge in [-0.2, -0.15) is 0 Å². The summed E-state index contributed by atoms with van der Waals surface area (Å²) in [6.45, 7) is 4.12. The average Bonchev–Trinajstić information content (AvgIpc) is 2.60. The first-order chi connectivity index (χ1) is 7.22. The molecule has 0 aliphatic heterocycles. The number of carbonyl (C=O) groups is 1. The Labute approximate surface area is 87.3 Å². The lowest BCUT2D eigenvalue weighted by molar-refractivity contribution is 0.0520. The molecule has 0 saturated heterocycles. The van der Waals surface area contributed by atoms with Crippen LogP contribution in [0.4, 0.5) is 0 Å². The van der Waals surface area contributed by atoms with Crippen molar-refractivity contribution in [3.8, 4) is 0 Å². The minimum Gasteiger partial charge on any atom is -0.461 e. The van der Waals surface area contributed by atoms with Crippen LogP contribution in [-0.2, 0) is 4.74 Å². The first-order valence-electron chi connectivity index (χ1n) is 4.83. The van der Waals surface area contributed by atoms with Gasteiger partial charge in [-0.1, -0.05) is 0 Å². The minimum atomic E-state index is -0.375. The summed E-state index contributed by atoms with van der Waals surface area (Å²) in [7, 11) is 0. The molecular weight excluding hydrogens is 192 g/mol. The Bertz CT molecular complexity index is 502. The molecule has 0 saturated carbocycles. The van der Waals surface area contributed by atoms with E-state index in [0.717, 1.165) is 16.5 Å². The summed E-state index contributed by atoms with van der Waals surface area (Å²) in [5.74, 6) is -0.375. The maximum atomic E-state index is 11.4. The van der Waals surface area contributed by atoms with Crippen LogP contribution in [0.5, 0.6) is 0 Å². The maximum absolute atomic E-state index is 11.4. The van der Waals surface area contributed by atoms with Crippen molar-refractivity contribution in [2.75, 3.05) is 6.61 Å². The molecule has 4 heteroatoms. The van der Waals surface area contributed by atoms with E-state index in [-0.39, 0.29) is 5.97 Å². The molecular formula is C11H12N2O2. The normalized spacial score (nSPS) is 10.5. The molecule has 1 N–H and O–H groups in total. The number of esters is 1. The molecule has 0 fully saturated rings. The highest BCUT2D eigenvalue weighted by atomic mass is 16.5. The van der Waals surface area contributed by atoms with Crippen LogP contribution in [0.25, 0.3) is 10.9 Å². The van der Waals surface area contributed by atoms with E-state index in [2.05, 4.69) is 9.97 Å². The number of aryl methyl sites for hydroxylation is 1. The van der Waals surface area contributed by atoms with Crippen LogP contribution in [0.15, 0.2) is 18.5 Å². The Hall–Kier alpha value is -1.84. The zero-order valence-electron chi connectivity index (χ0n) is 8.70. The summed E-state index contributed by atoms with van der Waals surface area (Å²) in [5.41, 5.74) is 2.38. The van der Waals surface area contributed by atoms with Gasteiger partial charge in [0.05, 0.1) is 18.3 Å². The Balaban J connectivity index is 2.45. The summed E-state index contributed by atoms with van der Waals surface area (Å²) < 4.78 is 4.88. The van der Waals surface area contributed by atoms with Crippen molar-refractivity contribution in [2.24, 2.45) is 0 Å². The fourth-order valence-corrected chi connectivity index (χ4v) is 1.48. The van der Waals surface area contributed by atoms with Crippen LogP contribution in [0.2, 0.25) is 0 Å². The van der Waals surface area contributed by atoms with Crippen molar-refractivity contribution >= 4 is 16.9 Å². The summed E-state index contributed by atoms with van der Waals surface area (Å²) in [4.78, 5) is 18.5. The number of nitrogens with one attached hydrogen (secondary N) is 1. The molecule has 0 aromatic carbocycles. The molecule has 2 aromatic rings. The van der Waals surface area contributed by atoms with Crippen molar-refractivity contribution in [1.29, 1.82) is 0 Å². The lowest BCUT2D eigenvalue weighted by Crippen LogP contribution is -2.06. The number of pyridine rings is 1. The number of fused-ring (bicyclic) bond motifs is 1. The van der Waals surface area contributed by atoms with E-state index in [1.165, 1.54) is 0 Å². The fourth-order valence-electron chi connectivity index (χ4n) is 1.48. The monoisotopic (exact) mass is 204 g/mol. The van der Waals surface area contributed by atoms with E-state index in [4.69, 9.17) is 4.74 Å². The SMILES string of the molecule is CCOC(=O)c1cc2c(C)c[nH]c2cn1. The second-order valence-electron chi connectivity index (χ2n) is 3.31. The summed E-state index contributed by atoms with van der Waals surface area (Å²) in [6, 6.07) is 1.75. The van der Waals surface area contributed by atoms with Crippen molar-refractivity contribution in [2.45, 2.75) is 13.8 Å². The van der Waals surface area contributed by atoms with Gasteiger partial charge in [-0.3, -0.25) is 0 Å². The number of carbonyl (C=O) groups excluding carboxylic acids is 1. The highest BCUT2D eigenvalue weighted by Gasteiger charge is 2.10. The topological polar surface area (TPSA) is 55.0 Å². The van der Waals surface area contributed by atoms with E-state index in [0.29, 0.717) is 12.3 Å². The van der Waals surface area contributed by atoms with Gasteiger partial charge in [0.15, 0.2) is 0 Å². The van der Waals surface area contributed by atoms with Gasteiger partial charge >= 0.3 is 5.97 Å². The molecule has 0 amide bonds. The number of H-pyrrole nitrogens is 1. The lowest BCUT2D eigenvalue weighted by Gasteiger charge is -2.00. The van der Waals surface area contributed by atoms with Crippen LogP contribution in [0.3, 0.4) is 0 Å². The van der Waals surface area contributed by atoms with Crippen molar-refractivity contribution < 1.29 is 9.53 Å². The Morgan fingerprint density at radius 3 is 3.13 bits per heavy atom. The molecule has 0 aliphatic carbocycles. The van der Waals surface area contributed by atoms with Gasteiger partial charge in [-0.25, -0.2) is 9.78 Å². The number of aromatic amines is 1. The molecule has 2 heterocycles. The number of ether oxygens (including phenoxy) is 1. The largest absolute Gasteiger partial charge is 0.461 e. The van der Waals surface area contributed by atoms with Gasteiger partial charge in [0.25, 0.3) is 0 Å². The van der Waals surface area contributed by atoms with Crippen LogP contribution in [0.1, 0.15) is 23.0 Å². The van der Waals surface area contributed by atoms with Crippen LogP contribution in [0, 0.1) is 6.92 Å². The van der Waals surface area contributed by atoms with E-state index >= 15 is 0 Å². The van der Waals surface area contributed by atoms with Crippen molar-refractivity contribution in [1.82, 2.24) is 9.97 Å². The van der Waals surface area contributed by atoms with E-state index in [1.807, 2.05) is 13.1 Å². The molecule has 0 bridgehead atoms. The number of nitrogens with zero attached hydrogens (tertiary/aromatic N) is 1. The van der Waals surface area contributed by atoms with Crippen LogP contribution >= 0.6 is 0 Å². The van der Waals surface area contributed by atoms with E-state index in [1.54, 1.807) is 19.2 Å². The second-order valence-corrected chi connectivity index (χ2v) is 3.31. The third-order valence-corrected chi connectivity index (χ3v) is 2.26. The van der Waals surface area contributed by atoms with Crippen molar-refractivity contribution in [3.05, 3.63) is 29.7 Å². The first-order valence-corrected chi connectivity index (χ1v) is 4.83. The highest BCUT2D eigenvalue weighted by molar-refractivity contribution is 5.93. The number of rotatable bonds is 2. The van der Waals surface area contributed by atoms with Gasteiger partial charge in [-0.15, -0.1) is 0 Å².